The van der Waals surface area contributed by atoms with Crippen LogP contribution >= 0.6 is 0 Å². The Kier molecular flexibility index (Phi) is 7.87. The largest absolute Gasteiger partial charge is 0.396 e. The maximum atomic E-state index is 8.73. The normalized spacial score (nSPS) is 23.6. The molecule has 1 aliphatic rings. The molecule has 1 aliphatic heterocycles. The number of unbranched alkanes of at least 4 members (excludes halogenated alkanes) is 7. The standard InChI is InChI=1S/C14H28O2/c1-2-3-4-5-6-7-8-9-10-13-14(16-13)11-12-15/h13-15H,2-12H2,1H3/t13-,14+/m0/s1. The molecule has 0 aliphatic carbocycles. The summed E-state index contributed by atoms with van der Waals surface area (Å²) in [5.41, 5.74) is 0. The van der Waals surface area contributed by atoms with Gasteiger partial charge in [-0.25, -0.2) is 0 Å². The second kappa shape index (κ2) is 9.00. The predicted octanol–water partition coefficient (Wildman–Crippen LogP) is 3.67. The average Bonchev–Trinajstić information content (AvgIpc) is 3.01. The number of rotatable bonds is 11. The lowest BCUT2D eigenvalue weighted by atomic mass is 10.1. The van der Waals surface area contributed by atoms with E-state index in [-0.39, 0.29) is 6.61 Å². The molecule has 2 heteroatoms. The van der Waals surface area contributed by atoms with E-state index in [1.54, 1.807) is 0 Å². The van der Waals surface area contributed by atoms with Crippen molar-refractivity contribution in [1.82, 2.24) is 0 Å². The van der Waals surface area contributed by atoms with Crippen molar-refractivity contribution in [2.45, 2.75) is 83.3 Å². The van der Waals surface area contributed by atoms with Crippen molar-refractivity contribution in [3.05, 3.63) is 0 Å². The van der Waals surface area contributed by atoms with Gasteiger partial charge in [0.05, 0.1) is 12.2 Å². The molecule has 0 aromatic carbocycles. The number of hydrogen-bond acceptors (Lipinski definition) is 2. The fourth-order valence-corrected chi connectivity index (χ4v) is 2.29. The van der Waals surface area contributed by atoms with Gasteiger partial charge >= 0.3 is 0 Å². The van der Waals surface area contributed by atoms with Crippen molar-refractivity contribution in [3.63, 3.8) is 0 Å². The summed E-state index contributed by atoms with van der Waals surface area (Å²) in [6.07, 6.45) is 13.9. The van der Waals surface area contributed by atoms with Gasteiger partial charge in [0.2, 0.25) is 0 Å². The van der Waals surface area contributed by atoms with Crippen molar-refractivity contribution in [3.8, 4) is 0 Å². The second-order valence-corrected chi connectivity index (χ2v) is 4.99. The number of ether oxygens (including phenoxy) is 1. The van der Waals surface area contributed by atoms with Gasteiger partial charge in [-0.1, -0.05) is 58.3 Å². The summed E-state index contributed by atoms with van der Waals surface area (Å²) in [5, 5.41) is 8.73. The van der Waals surface area contributed by atoms with Crippen LogP contribution in [-0.2, 0) is 4.74 Å². The van der Waals surface area contributed by atoms with Crippen LogP contribution in [0.1, 0.15) is 71.1 Å². The molecule has 0 amide bonds. The molecule has 2 nitrogen and oxygen atoms in total. The fraction of sp³-hybridized carbons (Fsp3) is 1.00. The Morgan fingerprint density at radius 1 is 0.812 bits per heavy atom. The Labute approximate surface area is 100 Å². The predicted molar refractivity (Wildman–Crippen MR) is 67.6 cm³/mol. The summed E-state index contributed by atoms with van der Waals surface area (Å²) in [5.74, 6) is 0. The zero-order chi connectivity index (χ0) is 11.6. The third-order valence-corrected chi connectivity index (χ3v) is 3.44. The minimum absolute atomic E-state index is 0.276. The van der Waals surface area contributed by atoms with Crippen LogP contribution in [0.2, 0.25) is 0 Å². The van der Waals surface area contributed by atoms with Crippen LogP contribution in [0.5, 0.6) is 0 Å². The van der Waals surface area contributed by atoms with Crippen LogP contribution in [0.25, 0.3) is 0 Å². The number of aliphatic hydroxyl groups is 1. The molecule has 0 bridgehead atoms. The zero-order valence-corrected chi connectivity index (χ0v) is 10.8. The minimum Gasteiger partial charge on any atom is -0.396 e. The third-order valence-electron chi connectivity index (χ3n) is 3.44. The van der Waals surface area contributed by atoms with Crippen LogP contribution in [0.15, 0.2) is 0 Å². The van der Waals surface area contributed by atoms with Crippen LogP contribution in [-0.4, -0.2) is 23.9 Å². The van der Waals surface area contributed by atoms with E-state index in [1.807, 2.05) is 0 Å². The Bertz CT molecular complexity index is 159. The van der Waals surface area contributed by atoms with E-state index >= 15 is 0 Å². The van der Waals surface area contributed by atoms with Gasteiger partial charge in [0.15, 0.2) is 0 Å². The lowest BCUT2D eigenvalue weighted by molar-refractivity contribution is 0.262. The first-order valence-corrected chi connectivity index (χ1v) is 7.14. The van der Waals surface area contributed by atoms with E-state index in [9.17, 15) is 0 Å². The summed E-state index contributed by atoms with van der Waals surface area (Å²) >= 11 is 0. The van der Waals surface area contributed by atoms with Gasteiger partial charge in [-0.15, -0.1) is 0 Å². The van der Waals surface area contributed by atoms with E-state index in [1.165, 1.54) is 57.8 Å². The van der Waals surface area contributed by atoms with Crippen molar-refractivity contribution >= 4 is 0 Å². The van der Waals surface area contributed by atoms with Gasteiger partial charge in [-0.05, 0) is 12.8 Å². The summed E-state index contributed by atoms with van der Waals surface area (Å²) in [4.78, 5) is 0. The molecule has 0 saturated carbocycles. The molecule has 1 rings (SSSR count). The summed E-state index contributed by atoms with van der Waals surface area (Å²) in [7, 11) is 0. The number of hydrogen-bond donors (Lipinski definition) is 1. The molecular formula is C14H28O2. The van der Waals surface area contributed by atoms with Crippen molar-refractivity contribution < 1.29 is 9.84 Å². The lowest BCUT2D eigenvalue weighted by Gasteiger charge is -2.00. The zero-order valence-electron chi connectivity index (χ0n) is 10.8. The highest BCUT2D eigenvalue weighted by Crippen LogP contribution is 2.29. The van der Waals surface area contributed by atoms with Crippen molar-refractivity contribution in [2.24, 2.45) is 0 Å². The quantitative estimate of drug-likeness (QED) is 0.432. The van der Waals surface area contributed by atoms with E-state index in [0.717, 1.165) is 6.42 Å². The third kappa shape index (κ3) is 6.49. The van der Waals surface area contributed by atoms with Gasteiger partial charge in [0, 0.05) is 6.61 Å². The average molecular weight is 228 g/mol. The Morgan fingerprint density at radius 3 is 2.00 bits per heavy atom. The van der Waals surface area contributed by atoms with Crippen LogP contribution in [0.4, 0.5) is 0 Å². The Morgan fingerprint density at radius 2 is 1.38 bits per heavy atom. The Hall–Kier alpha value is -0.0800. The highest BCUT2D eigenvalue weighted by atomic mass is 16.6. The van der Waals surface area contributed by atoms with E-state index < -0.39 is 0 Å². The van der Waals surface area contributed by atoms with Gasteiger partial charge in [0.25, 0.3) is 0 Å². The minimum atomic E-state index is 0.276. The molecule has 1 fully saturated rings. The molecule has 1 heterocycles. The van der Waals surface area contributed by atoms with Gasteiger partial charge in [-0.2, -0.15) is 0 Å². The van der Waals surface area contributed by atoms with E-state index in [0.29, 0.717) is 12.2 Å². The van der Waals surface area contributed by atoms with Crippen LogP contribution in [0.3, 0.4) is 0 Å². The number of aliphatic hydroxyl groups excluding tert-OH is 1. The molecule has 96 valence electrons. The molecule has 0 aromatic rings. The maximum absolute atomic E-state index is 8.73. The molecule has 1 saturated heterocycles. The fourth-order valence-electron chi connectivity index (χ4n) is 2.29. The van der Waals surface area contributed by atoms with Crippen LogP contribution in [0, 0.1) is 0 Å². The van der Waals surface area contributed by atoms with E-state index in [2.05, 4.69) is 6.92 Å². The molecule has 0 aromatic heterocycles. The first-order valence-electron chi connectivity index (χ1n) is 7.14. The topological polar surface area (TPSA) is 32.8 Å². The summed E-state index contributed by atoms with van der Waals surface area (Å²) in [6.45, 7) is 2.54. The van der Waals surface area contributed by atoms with Crippen molar-refractivity contribution in [2.75, 3.05) is 6.61 Å². The van der Waals surface area contributed by atoms with Gasteiger partial charge < -0.3 is 9.84 Å². The monoisotopic (exact) mass is 228 g/mol. The first kappa shape index (κ1) is 14.0. The SMILES string of the molecule is CCCCCCCCCC[C@@H]1O[C@@H]1CCO. The number of epoxide rings is 1. The molecule has 2 atom stereocenters. The maximum Gasteiger partial charge on any atom is 0.0863 e. The molecule has 0 radical (unpaired) electrons. The molecular weight excluding hydrogens is 200 g/mol. The highest BCUT2D eigenvalue weighted by Gasteiger charge is 2.36. The first-order chi connectivity index (χ1) is 7.88. The smallest absolute Gasteiger partial charge is 0.0863 e. The molecule has 16 heavy (non-hydrogen) atoms. The molecule has 0 unspecified atom stereocenters. The lowest BCUT2D eigenvalue weighted by Crippen LogP contribution is -1.96. The van der Waals surface area contributed by atoms with E-state index in [4.69, 9.17) is 9.84 Å². The highest BCUT2D eigenvalue weighted by molar-refractivity contribution is 4.83. The van der Waals surface area contributed by atoms with Crippen molar-refractivity contribution in [1.29, 1.82) is 0 Å². The Balaban J connectivity index is 1.73. The van der Waals surface area contributed by atoms with Gasteiger partial charge in [0.1, 0.15) is 0 Å². The van der Waals surface area contributed by atoms with Crippen LogP contribution < -0.4 is 0 Å². The second-order valence-electron chi connectivity index (χ2n) is 4.99. The van der Waals surface area contributed by atoms with Gasteiger partial charge in [-0.3, -0.25) is 0 Å². The molecule has 0 spiro atoms. The summed E-state index contributed by atoms with van der Waals surface area (Å²) < 4.78 is 5.46. The molecule has 1 N–H and O–H groups in total. The summed E-state index contributed by atoms with van der Waals surface area (Å²) in [6, 6.07) is 0.